The zero-order valence-corrected chi connectivity index (χ0v) is 11.2. The molecule has 19 heavy (non-hydrogen) atoms. The summed E-state index contributed by atoms with van der Waals surface area (Å²) in [4.78, 5) is 6.76. The Labute approximate surface area is 115 Å². The van der Waals surface area contributed by atoms with Crippen LogP contribution >= 0.6 is 0 Å². The predicted molar refractivity (Wildman–Crippen MR) is 80.0 cm³/mol. The van der Waals surface area contributed by atoms with Gasteiger partial charge in [-0.3, -0.25) is 0 Å². The molecule has 0 bridgehead atoms. The van der Waals surface area contributed by atoms with Crippen LogP contribution in [0.25, 0.3) is 0 Å². The van der Waals surface area contributed by atoms with E-state index in [0.29, 0.717) is 0 Å². The highest BCUT2D eigenvalue weighted by Gasteiger charge is 2.07. The molecule has 3 heteroatoms. The lowest BCUT2D eigenvalue weighted by Gasteiger charge is -2.23. The van der Waals surface area contributed by atoms with Crippen LogP contribution in [-0.4, -0.2) is 18.1 Å². The van der Waals surface area contributed by atoms with Gasteiger partial charge in [0.1, 0.15) is 5.82 Å². The van der Waals surface area contributed by atoms with E-state index in [1.807, 2.05) is 24.4 Å². The molecule has 1 aromatic heterocycles. The molecule has 0 atom stereocenters. The topological polar surface area (TPSA) is 42.1 Å². The Morgan fingerprint density at radius 1 is 0.947 bits per heavy atom. The van der Waals surface area contributed by atoms with E-state index in [-0.39, 0.29) is 0 Å². The third-order valence-electron chi connectivity index (χ3n) is 3.07. The Morgan fingerprint density at radius 2 is 1.74 bits per heavy atom. The van der Waals surface area contributed by atoms with Crippen LogP contribution in [0.3, 0.4) is 0 Å². The van der Waals surface area contributed by atoms with Crippen molar-refractivity contribution in [2.75, 3.05) is 18.0 Å². The highest BCUT2D eigenvalue weighted by molar-refractivity contribution is 5.38. The first-order valence-corrected chi connectivity index (χ1v) is 6.80. The van der Waals surface area contributed by atoms with Crippen LogP contribution in [0.4, 0.5) is 5.82 Å². The number of hydrogen-bond donors (Lipinski definition) is 1. The van der Waals surface area contributed by atoms with Gasteiger partial charge in [0.25, 0.3) is 0 Å². The molecular weight excluding hydrogens is 234 g/mol. The summed E-state index contributed by atoms with van der Waals surface area (Å²) in [7, 11) is 0. The number of pyridine rings is 1. The second kappa shape index (κ2) is 7.54. The van der Waals surface area contributed by atoms with E-state index in [4.69, 9.17) is 5.73 Å². The summed E-state index contributed by atoms with van der Waals surface area (Å²) < 4.78 is 0. The van der Waals surface area contributed by atoms with Crippen LogP contribution in [0, 0.1) is 0 Å². The van der Waals surface area contributed by atoms with Gasteiger partial charge in [0.05, 0.1) is 0 Å². The third-order valence-corrected chi connectivity index (χ3v) is 3.07. The molecule has 2 N–H and O–H groups in total. The number of aromatic nitrogens is 1. The van der Waals surface area contributed by atoms with E-state index < -0.39 is 0 Å². The van der Waals surface area contributed by atoms with Gasteiger partial charge in [-0.2, -0.15) is 0 Å². The standard InChI is InChI=1S/C16H21N3/c17-11-5-7-13-19(16-10-4-6-12-18-16)14-15-8-2-1-3-9-15/h1-4,6,8-10,12H,5,7,11,13-14,17H2. The molecule has 0 amide bonds. The fraction of sp³-hybridized carbons (Fsp3) is 0.312. The maximum absolute atomic E-state index is 5.57. The van der Waals surface area contributed by atoms with Crippen molar-refractivity contribution in [2.24, 2.45) is 5.73 Å². The van der Waals surface area contributed by atoms with Crippen LogP contribution in [0.5, 0.6) is 0 Å². The first kappa shape index (κ1) is 13.6. The molecule has 0 radical (unpaired) electrons. The van der Waals surface area contributed by atoms with Crippen molar-refractivity contribution in [3.63, 3.8) is 0 Å². The van der Waals surface area contributed by atoms with Gasteiger partial charge >= 0.3 is 0 Å². The molecule has 0 aliphatic rings. The van der Waals surface area contributed by atoms with Crippen LogP contribution in [0.1, 0.15) is 18.4 Å². The third kappa shape index (κ3) is 4.38. The molecule has 2 aromatic rings. The smallest absolute Gasteiger partial charge is 0.128 e. The molecule has 100 valence electrons. The quantitative estimate of drug-likeness (QED) is 0.774. The van der Waals surface area contributed by atoms with E-state index in [9.17, 15) is 0 Å². The predicted octanol–water partition coefficient (Wildman–Crippen LogP) is 2.83. The molecule has 1 heterocycles. The van der Waals surface area contributed by atoms with Gasteiger partial charge in [-0.1, -0.05) is 36.4 Å². The van der Waals surface area contributed by atoms with Crippen LogP contribution in [0.2, 0.25) is 0 Å². The Morgan fingerprint density at radius 3 is 2.42 bits per heavy atom. The molecule has 0 saturated heterocycles. The molecule has 0 unspecified atom stereocenters. The number of nitrogens with two attached hydrogens (primary N) is 1. The van der Waals surface area contributed by atoms with E-state index >= 15 is 0 Å². The van der Waals surface area contributed by atoms with Gasteiger partial charge in [-0.15, -0.1) is 0 Å². The monoisotopic (exact) mass is 255 g/mol. The van der Waals surface area contributed by atoms with Crippen molar-refractivity contribution in [2.45, 2.75) is 19.4 Å². The lowest BCUT2D eigenvalue weighted by atomic mass is 10.2. The molecule has 1 aromatic carbocycles. The fourth-order valence-electron chi connectivity index (χ4n) is 2.07. The molecule has 0 spiro atoms. The number of rotatable bonds is 7. The molecule has 0 aliphatic carbocycles. The van der Waals surface area contributed by atoms with Crippen LogP contribution < -0.4 is 10.6 Å². The van der Waals surface area contributed by atoms with E-state index in [2.05, 4.69) is 40.2 Å². The van der Waals surface area contributed by atoms with Gasteiger partial charge in [-0.05, 0) is 37.1 Å². The van der Waals surface area contributed by atoms with E-state index in [0.717, 1.165) is 38.3 Å². The lowest BCUT2D eigenvalue weighted by Crippen LogP contribution is -2.25. The highest BCUT2D eigenvalue weighted by Crippen LogP contribution is 2.14. The summed E-state index contributed by atoms with van der Waals surface area (Å²) >= 11 is 0. The van der Waals surface area contributed by atoms with Crippen molar-refractivity contribution in [3.05, 3.63) is 60.3 Å². The Balaban J connectivity index is 2.06. The van der Waals surface area contributed by atoms with E-state index in [1.54, 1.807) is 0 Å². The Bertz CT molecular complexity index is 456. The minimum absolute atomic E-state index is 0.751. The molecular formula is C16H21N3. The summed E-state index contributed by atoms with van der Waals surface area (Å²) in [5, 5.41) is 0. The summed E-state index contributed by atoms with van der Waals surface area (Å²) in [6, 6.07) is 16.5. The van der Waals surface area contributed by atoms with Crippen molar-refractivity contribution < 1.29 is 0 Å². The van der Waals surface area contributed by atoms with Crippen molar-refractivity contribution in [3.8, 4) is 0 Å². The number of benzene rings is 1. The fourth-order valence-corrected chi connectivity index (χ4v) is 2.07. The van der Waals surface area contributed by atoms with Gasteiger partial charge in [0.2, 0.25) is 0 Å². The van der Waals surface area contributed by atoms with Crippen LogP contribution in [0.15, 0.2) is 54.7 Å². The average Bonchev–Trinajstić information content (AvgIpc) is 2.48. The normalized spacial score (nSPS) is 10.4. The summed E-state index contributed by atoms with van der Waals surface area (Å²) in [6.45, 7) is 2.63. The highest BCUT2D eigenvalue weighted by atomic mass is 15.2. The maximum Gasteiger partial charge on any atom is 0.128 e. The maximum atomic E-state index is 5.57. The molecule has 0 saturated carbocycles. The van der Waals surface area contributed by atoms with Gasteiger partial charge in [0, 0.05) is 19.3 Å². The summed E-state index contributed by atoms with van der Waals surface area (Å²) in [5.41, 5.74) is 6.88. The number of nitrogens with zero attached hydrogens (tertiary/aromatic N) is 2. The SMILES string of the molecule is NCCCCN(Cc1ccccc1)c1ccccn1. The molecule has 0 fully saturated rings. The first-order valence-electron chi connectivity index (χ1n) is 6.80. The van der Waals surface area contributed by atoms with Crippen LogP contribution in [-0.2, 0) is 6.54 Å². The summed E-state index contributed by atoms with van der Waals surface area (Å²) in [6.07, 6.45) is 3.99. The number of anilines is 1. The summed E-state index contributed by atoms with van der Waals surface area (Å²) in [5.74, 6) is 1.03. The second-order valence-electron chi connectivity index (χ2n) is 4.59. The average molecular weight is 255 g/mol. The minimum Gasteiger partial charge on any atom is -0.352 e. The van der Waals surface area contributed by atoms with Gasteiger partial charge < -0.3 is 10.6 Å². The minimum atomic E-state index is 0.751. The second-order valence-corrected chi connectivity index (χ2v) is 4.59. The zero-order valence-electron chi connectivity index (χ0n) is 11.2. The molecule has 0 aliphatic heterocycles. The molecule has 2 rings (SSSR count). The van der Waals surface area contributed by atoms with Crippen molar-refractivity contribution in [1.82, 2.24) is 4.98 Å². The van der Waals surface area contributed by atoms with Crippen molar-refractivity contribution >= 4 is 5.82 Å². The zero-order chi connectivity index (χ0) is 13.3. The van der Waals surface area contributed by atoms with E-state index in [1.165, 1.54) is 5.56 Å². The van der Waals surface area contributed by atoms with Gasteiger partial charge in [0.15, 0.2) is 0 Å². The first-order chi connectivity index (χ1) is 9.40. The Hall–Kier alpha value is -1.87. The molecule has 3 nitrogen and oxygen atoms in total. The number of unbranched alkanes of at least 4 members (excludes halogenated alkanes) is 1. The lowest BCUT2D eigenvalue weighted by molar-refractivity contribution is 0.685. The van der Waals surface area contributed by atoms with Gasteiger partial charge in [-0.25, -0.2) is 4.98 Å². The van der Waals surface area contributed by atoms with Crippen molar-refractivity contribution in [1.29, 1.82) is 0 Å². The largest absolute Gasteiger partial charge is 0.352 e. The Kier molecular flexibility index (Phi) is 5.38. The number of hydrogen-bond acceptors (Lipinski definition) is 3.